The third-order valence-electron chi connectivity index (χ3n) is 4.91. The van der Waals surface area contributed by atoms with Gasteiger partial charge in [0.05, 0.1) is 24.6 Å². The van der Waals surface area contributed by atoms with E-state index in [9.17, 15) is 4.79 Å². The highest BCUT2D eigenvalue weighted by atomic mass is 16.5. The van der Waals surface area contributed by atoms with Crippen molar-refractivity contribution in [2.45, 2.75) is 33.1 Å². The standard InChI is InChI=1S/C23H31N3O3/c1-17-9-10-21(18(15-17)23(2,3)4)29-16-24-22(27)25-19-7-5-6-8-20(19)26-11-13-28-14-12-26/h5-10,15H,11-14,16H2,1-4H3,(H2,24,25,27). The average molecular weight is 398 g/mol. The Kier molecular flexibility index (Phi) is 6.64. The van der Waals surface area contributed by atoms with Crippen molar-refractivity contribution in [3.05, 3.63) is 53.6 Å². The van der Waals surface area contributed by atoms with Crippen LogP contribution < -0.4 is 20.3 Å². The Balaban J connectivity index is 1.59. The van der Waals surface area contributed by atoms with Crippen LogP contribution in [0.5, 0.6) is 5.75 Å². The summed E-state index contributed by atoms with van der Waals surface area (Å²) >= 11 is 0. The first-order chi connectivity index (χ1) is 13.8. The summed E-state index contributed by atoms with van der Waals surface area (Å²) in [5.41, 5.74) is 4.05. The molecule has 0 radical (unpaired) electrons. The normalized spacial score (nSPS) is 14.4. The van der Waals surface area contributed by atoms with Crippen LogP contribution >= 0.6 is 0 Å². The van der Waals surface area contributed by atoms with Crippen molar-refractivity contribution in [3.63, 3.8) is 0 Å². The zero-order valence-electron chi connectivity index (χ0n) is 17.7. The topological polar surface area (TPSA) is 62.8 Å². The van der Waals surface area contributed by atoms with Crippen LogP contribution in [0.4, 0.5) is 16.2 Å². The van der Waals surface area contributed by atoms with Gasteiger partial charge in [-0.15, -0.1) is 0 Å². The van der Waals surface area contributed by atoms with Crippen molar-refractivity contribution in [3.8, 4) is 5.75 Å². The molecule has 2 N–H and O–H groups in total. The van der Waals surface area contributed by atoms with Crippen molar-refractivity contribution >= 4 is 17.4 Å². The summed E-state index contributed by atoms with van der Waals surface area (Å²) in [6, 6.07) is 13.6. The van der Waals surface area contributed by atoms with Gasteiger partial charge < -0.3 is 25.0 Å². The predicted molar refractivity (Wildman–Crippen MR) is 117 cm³/mol. The van der Waals surface area contributed by atoms with Gasteiger partial charge in [0.15, 0.2) is 6.73 Å². The number of hydrogen-bond donors (Lipinski definition) is 2. The average Bonchev–Trinajstić information content (AvgIpc) is 2.69. The first-order valence-corrected chi connectivity index (χ1v) is 10.0. The largest absolute Gasteiger partial charge is 0.473 e. The van der Waals surface area contributed by atoms with E-state index < -0.39 is 0 Å². The van der Waals surface area contributed by atoms with Crippen LogP contribution in [-0.4, -0.2) is 39.1 Å². The van der Waals surface area contributed by atoms with Gasteiger partial charge in [-0.1, -0.05) is 50.6 Å². The molecule has 1 aliphatic heterocycles. The third-order valence-corrected chi connectivity index (χ3v) is 4.91. The molecule has 3 rings (SSSR count). The molecule has 1 heterocycles. The van der Waals surface area contributed by atoms with E-state index in [1.165, 1.54) is 5.56 Å². The number of morpholine rings is 1. The minimum Gasteiger partial charge on any atom is -0.473 e. The monoisotopic (exact) mass is 397 g/mol. The van der Waals surface area contributed by atoms with Gasteiger partial charge in [-0.25, -0.2) is 4.79 Å². The predicted octanol–water partition coefficient (Wildman–Crippen LogP) is 4.29. The smallest absolute Gasteiger partial charge is 0.321 e. The maximum absolute atomic E-state index is 12.4. The number of nitrogens with one attached hydrogen (secondary N) is 2. The first-order valence-electron chi connectivity index (χ1n) is 10.0. The number of anilines is 2. The van der Waals surface area contributed by atoms with E-state index in [0.717, 1.165) is 35.8 Å². The Labute approximate surface area is 173 Å². The molecule has 1 saturated heterocycles. The molecule has 0 bridgehead atoms. The molecule has 6 nitrogen and oxygen atoms in total. The molecule has 1 aliphatic rings. The highest BCUT2D eigenvalue weighted by molar-refractivity contribution is 5.93. The van der Waals surface area contributed by atoms with Crippen molar-refractivity contribution < 1.29 is 14.3 Å². The van der Waals surface area contributed by atoms with Gasteiger partial charge in [0.1, 0.15) is 5.75 Å². The van der Waals surface area contributed by atoms with E-state index in [2.05, 4.69) is 49.3 Å². The SMILES string of the molecule is Cc1ccc(OCNC(=O)Nc2ccccc2N2CCOCC2)c(C(C)(C)C)c1. The van der Waals surface area contributed by atoms with Gasteiger partial charge in [-0.2, -0.15) is 0 Å². The van der Waals surface area contributed by atoms with Crippen LogP contribution in [0.2, 0.25) is 0 Å². The molecule has 0 spiro atoms. The molecule has 0 saturated carbocycles. The van der Waals surface area contributed by atoms with Gasteiger partial charge >= 0.3 is 6.03 Å². The quantitative estimate of drug-likeness (QED) is 0.739. The molecular formula is C23H31N3O3. The lowest BCUT2D eigenvalue weighted by atomic mass is 9.85. The minimum atomic E-state index is -0.296. The second-order valence-corrected chi connectivity index (χ2v) is 8.29. The number of hydrogen-bond acceptors (Lipinski definition) is 4. The van der Waals surface area contributed by atoms with Crippen molar-refractivity contribution in [1.82, 2.24) is 5.32 Å². The number of para-hydroxylation sites is 2. The van der Waals surface area contributed by atoms with Crippen LogP contribution in [0.1, 0.15) is 31.9 Å². The van der Waals surface area contributed by atoms with Gasteiger partial charge in [0.2, 0.25) is 0 Å². The van der Waals surface area contributed by atoms with Crippen LogP contribution in [0, 0.1) is 6.92 Å². The maximum atomic E-state index is 12.4. The molecular weight excluding hydrogens is 366 g/mol. The second-order valence-electron chi connectivity index (χ2n) is 8.29. The summed E-state index contributed by atoms with van der Waals surface area (Å²) in [5.74, 6) is 0.789. The number of amides is 2. The fourth-order valence-electron chi connectivity index (χ4n) is 3.36. The molecule has 1 fully saturated rings. The highest BCUT2D eigenvalue weighted by Gasteiger charge is 2.19. The molecule has 2 amide bonds. The molecule has 156 valence electrons. The molecule has 2 aromatic rings. The van der Waals surface area contributed by atoms with E-state index in [1.54, 1.807) is 0 Å². The van der Waals surface area contributed by atoms with Gasteiger partial charge in [-0.3, -0.25) is 0 Å². The minimum absolute atomic E-state index is 0.0410. The number of nitrogens with zero attached hydrogens (tertiary/aromatic N) is 1. The number of carbonyl (C=O) groups excluding carboxylic acids is 1. The number of aryl methyl sites for hydroxylation is 1. The molecule has 29 heavy (non-hydrogen) atoms. The van der Waals surface area contributed by atoms with Crippen LogP contribution in [0.25, 0.3) is 0 Å². The summed E-state index contributed by atoms with van der Waals surface area (Å²) in [7, 11) is 0. The van der Waals surface area contributed by atoms with Crippen molar-refractivity contribution in [2.75, 3.05) is 43.3 Å². The number of ether oxygens (including phenoxy) is 2. The Morgan fingerprint density at radius 3 is 2.59 bits per heavy atom. The molecule has 0 unspecified atom stereocenters. The lowest BCUT2D eigenvalue weighted by Crippen LogP contribution is -2.37. The summed E-state index contributed by atoms with van der Waals surface area (Å²) in [6.45, 7) is 11.6. The Bertz CT molecular complexity index is 840. The molecule has 0 atom stereocenters. The van der Waals surface area contributed by atoms with E-state index in [1.807, 2.05) is 36.4 Å². The number of urea groups is 1. The van der Waals surface area contributed by atoms with Gasteiger partial charge in [0.25, 0.3) is 0 Å². The number of rotatable bonds is 5. The summed E-state index contributed by atoms with van der Waals surface area (Å²) in [4.78, 5) is 14.6. The van der Waals surface area contributed by atoms with E-state index in [4.69, 9.17) is 9.47 Å². The molecule has 2 aromatic carbocycles. The van der Waals surface area contributed by atoms with Crippen LogP contribution in [0.3, 0.4) is 0 Å². The highest BCUT2D eigenvalue weighted by Crippen LogP contribution is 2.32. The molecule has 0 aliphatic carbocycles. The fourth-order valence-corrected chi connectivity index (χ4v) is 3.36. The maximum Gasteiger partial charge on any atom is 0.321 e. The molecule has 0 aromatic heterocycles. The number of carbonyl (C=O) groups is 1. The zero-order valence-corrected chi connectivity index (χ0v) is 17.7. The van der Waals surface area contributed by atoms with Crippen molar-refractivity contribution in [1.29, 1.82) is 0 Å². The fraction of sp³-hybridized carbons (Fsp3) is 0.435. The van der Waals surface area contributed by atoms with E-state index in [-0.39, 0.29) is 18.2 Å². The first kappa shape index (κ1) is 21.0. The second kappa shape index (κ2) is 9.18. The summed E-state index contributed by atoms with van der Waals surface area (Å²) in [5, 5.41) is 5.72. The Morgan fingerprint density at radius 1 is 1.14 bits per heavy atom. The summed E-state index contributed by atoms with van der Waals surface area (Å²) in [6.07, 6.45) is 0. The van der Waals surface area contributed by atoms with Crippen LogP contribution in [0.15, 0.2) is 42.5 Å². The zero-order chi connectivity index (χ0) is 20.9. The Morgan fingerprint density at radius 2 is 1.86 bits per heavy atom. The van der Waals surface area contributed by atoms with E-state index >= 15 is 0 Å². The van der Waals surface area contributed by atoms with Gasteiger partial charge in [0, 0.05) is 13.1 Å². The summed E-state index contributed by atoms with van der Waals surface area (Å²) < 4.78 is 11.3. The lowest BCUT2D eigenvalue weighted by molar-refractivity contribution is 0.123. The lowest BCUT2D eigenvalue weighted by Gasteiger charge is -2.30. The molecule has 6 heteroatoms. The van der Waals surface area contributed by atoms with Crippen molar-refractivity contribution in [2.24, 2.45) is 0 Å². The van der Waals surface area contributed by atoms with Gasteiger partial charge in [-0.05, 0) is 36.1 Å². The van der Waals surface area contributed by atoms with E-state index in [0.29, 0.717) is 13.2 Å². The third kappa shape index (κ3) is 5.64. The number of benzene rings is 2. The van der Waals surface area contributed by atoms with Crippen LogP contribution in [-0.2, 0) is 10.2 Å². The Hall–Kier alpha value is -2.73.